The molecule has 3 N–H and O–H groups in total. The van der Waals surface area contributed by atoms with Crippen LogP contribution in [0.1, 0.15) is 42.3 Å². The number of aliphatic hydroxyl groups is 3. The van der Waals surface area contributed by atoms with E-state index >= 15 is 0 Å². The number of ether oxygens (including phenoxy) is 13. The van der Waals surface area contributed by atoms with Crippen molar-refractivity contribution in [2.24, 2.45) is 0 Å². The van der Waals surface area contributed by atoms with E-state index < -0.39 is 59.3 Å². The van der Waals surface area contributed by atoms with Crippen LogP contribution in [0.5, 0.6) is 11.5 Å². The third-order valence-electron chi connectivity index (χ3n) is 13.6. The van der Waals surface area contributed by atoms with E-state index in [2.05, 4.69) is 35.0 Å². The monoisotopic (exact) mass is 1250 g/mol. The van der Waals surface area contributed by atoms with Gasteiger partial charge in [-0.05, 0) is 41.8 Å². The van der Waals surface area contributed by atoms with E-state index in [1.807, 2.05) is 54.6 Å². The number of hydrogen-bond acceptors (Lipinski definition) is 23. The maximum absolute atomic E-state index is 13.6. The molecule has 0 saturated carbocycles. The molecule has 5 heterocycles. The van der Waals surface area contributed by atoms with E-state index in [9.17, 15) is 33.3 Å². The number of carbonyl (C=O) groups is 1. The number of nitrogens with zero attached hydrogens (tertiary/aromatic N) is 8. The largest absolute Gasteiger partial charge is 0.491 e. The summed E-state index contributed by atoms with van der Waals surface area (Å²) in [6, 6.07) is 18.4. The summed E-state index contributed by atoms with van der Waals surface area (Å²) in [5.41, 5.74) is 2.05. The number of anilines is 1. The molecule has 25 nitrogen and oxygen atoms in total. The zero-order chi connectivity index (χ0) is 61.2. The minimum absolute atomic E-state index is 0.00672. The van der Waals surface area contributed by atoms with Gasteiger partial charge in [-0.15, -0.1) is 5.10 Å². The van der Waals surface area contributed by atoms with Crippen LogP contribution in [0.4, 0.5) is 19.0 Å². The fourth-order valence-corrected chi connectivity index (χ4v) is 9.05. The summed E-state index contributed by atoms with van der Waals surface area (Å²) in [6.07, 6.45) is -1.60. The molecule has 0 amide bonds. The molecule has 87 heavy (non-hydrogen) atoms. The first-order valence-corrected chi connectivity index (χ1v) is 28.9. The molecule has 0 aliphatic carbocycles. The summed E-state index contributed by atoms with van der Waals surface area (Å²) in [7, 11) is 0. The molecule has 0 radical (unpaired) electrons. The van der Waals surface area contributed by atoms with Crippen LogP contribution < -0.4 is 14.4 Å². The second kappa shape index (κ2) is 35.2. The maximum atomic E-state index is 13.6. The number of carbonyl (C=O) groups excluding carboxylic acids is 1. The highest BCUT2D eigenvalue weighted by molar-refractivity contribution is 6.28. The third kappa shape index (κ3) is 21.0. The van der Waals surface area contributed by atoms with Crippen molar-refractivity contribution in [3.63, 3.8) is 0 Å². The van der Waals surface area contributed by atoms with Gasteiger partial charge >= 0.3 is 5.97 Å². The highest BCUT2D eigenvalue weighted by Crippen LogP contribution is 2.38. The summed E-state index contributed by atoms with van der Waals surface area (Å²) in [5.74, 6) is -4.08. The summed E-state index contributed by atoms with van der Waals surface area (Å²) in [6.45, 7) is 9.14. The average molecular weight is 1250 g/mol. The second-order valence-electron chi connectivity index (χ2n) is 20.3. The van der Waals surface area contributed by atoms with E-state index in [-0.39, 0.29) is 63.9 Å². The lowest BCUT2D eigenvalue weighted by molar-refractivity contribution is -0.151. The van der Waals surface area contributed by atoms with Gasteiger partial charge in [0.2, 0.25) is 11.0 Å². The Balaban J connectivity index is 0.587. The predicted molar refractivity (Wildman–Crippen MR) is 303 cm³/mol. The van der Waals surface area contributed by atoms with Crippen molar-refractivity contribution < 1.29 is 94.9 Å². The zero-order valence-electron chi connectivity index (χ0n) is 48.2. The van der Waals surface area contributed by atoms with E-state index in [1.165, 1.54) is 4.68 Å². The highest BCUT2D eigenvalue weighted by atomic mass is 35.5. The van der Waals surface area contributed by atoms with Gasteiger partial charge in [-0.1, -0.05) is 47.7 Å². The Kier molecular flexibility index (Phi) is 27.1. The SMILES string of the molecule is CC(CO)(COCc1ccccc1)OC[C@H]1O[C@@H](n2ncc3c(N4CC(c5ccc(OCCOCCOCCOCCOCc6cn(CCOCCOCCOCCOCCC(=O)Oc7c(F)cc(F)cc7F)nn6)cc5)C4)nc(Cl)nc32)[C@H](O)[C@@H]1O. The highest BCUT2D eigenvalue weighted by Gasteiger charge is 2.46. The summed E-state index contributed by atoms with van der Waals surface area (Å²) in [5, 5.41) is 45.6. The van der Waals surface area contributed by atoms with Crippen molar-refractivity contribution in [2.75, 3.05) is 144 Å². The molecule has 2 fully saturated rings. The molecule has 0 spiro atoms. The van der Waals surface area contributed by atoms with Crippen molar-refractivity contribution in [3.05, 3.63) is 119 Å². The third-order valence-corrected chi connectivity index (χ3v) is 13.8. The number of aliphatic hydroxyl groups excluding tert-OH is 3. The van der Waals surface area contributed by atoms with Crippen LogP contribution in [0.15, 0.2) is 79.1 Å². The molecule has 8 rings (SSSR count). The van der Waals surface area contributed by atoms with Crippen LogP contribution in [0.3, 0.4) is 0 Å². The maximum Gasteiger partial charge on any atom is 0.313 e. The van der Waals surface area contributed by atoms with Crippen LogP contribution in [0.2, 0.25) is 5.28 Å². The van der Waals surface area contributed by atoms with Gasteiger partial charge in [-0.2, -0.15) is 15.1 Å². The van der Waals surface area contributed by atoms with Crippen LogP contribution in [-0.2, 0) is 76.7 Å². The Morgan fingerprint density at radius 1 is 0.736 bits per heavy atom. The smallest absolute Gasteiger partial charge is 0.313 e. The number of esters is 1. The molecule has 5 atom stereocenters. The lowest BCUT2D eigenvalue weighted by Crippen LogP contribution is -2.45. The molecule has 3 aromatic carbocycles. The molecule has 1 unspecified atom stereocenters. The Morgan fingerprint density at radius 2 is 1.34 bits per heavy atom. The molecule has 0 bridgehead atoms. The van der Waals surface area contributed by atoms with Crippen LogP contribution in [0, 0.1) is 17.5 Å². The summed E-state index contributed by atoms with van der Waals surface area (Å²) < 4.78 is 116. The van der Waals surface area contributed by atoms with Crippen molar-refractivity contribution in [1.82, 2.24) is 34.7 Å². The lowest BCUT2D eigenvalue weighted by atomic mass is 9.91. The number of benzene rings is 3. The van der Waals surface area contributed by atoms with E-state index in [1.54, 1.807) is 24.0 Å². The van der Waals surface area contributed by atoms with Gasteiger partial charge in [-0.3, -0.25) is 4.79 Å². The van der Waals surface area contributed by atoms with Gasteiger partial charge in [0.1, 0.15) is 53.6 Å². The van der Waals surface area contributed by atoms with Gasteiger partial charge in [-0.25, -0.2) is 22.5 Å². The van der Waals surface area contributed by atoms with Gasteiger partial charge in [0, 0.05) is 31.1 Å². The minimum Gasteiger partial charge on any atom is -0.491 e. The normalized spacial score (nSPS) is 17.7. The number of fused-ring (bicyclic) bond motifs is 1. The molecule has 3 aromatic heterocycles. The van der Waals surface area contributed by atoms with Crippen LogP contribution in [0.25, 0.3) is 11.0 Å². The number of hydrogen-bond donors (Lipinski definition) is 3. The number of aromatic nitrogens is 7. The van der Waals surface area contributed by atoms with Gasteiger partial charge in [0.25, 0.3) is 0 Å². The molecule has 2 aliphatic heterocycles. The summed E-state index contributed by atoms with van der Waals surface area (Å²) >= 11 is 6.46. The van der Waals surface area contributed by atoms with Crippen molar-refractivity contribution in [2.45, 2.75) is 69.2 Å². The van der Waals surface area contributed by atoms with E-state index in [0.29, 0.717) is 147 Å². The van der Waals surface area contributed by atoms with E-state index in [0.717, 1.165) is 16.9 Å². The van der Waals surface area contributed by atoms with Gasteiger partial charge < -0.3 is 81.8 Å². The number of rotatable bonds is 42. The molecular weight excluding hydrogens is 1170 g/mol. The topological polar surface area (TPSA) is 275 Å². The molecule has 6 aromatic rings. The standard InChI is InChI=1S/C58H74ClF3N8O17/c1-58(38-71,39-83-35-40-5-3-2-4-6-40)85-37-49-51(73)52(74)56(86-49)70-55-46(31-63-70)54(64-57(59)65-55)68-32-42(33-68)41-7-9-45(10-8-41)84-28-27-81-24-23-79-21-22-80-25-26-82-36-44-34-69(67-66-44)12-14-76-16-18-78-20-19-77-17-15-75-13-11-50(72)87-53-47(61)29-43(60)30-48(53)62/h2-10,29-31,34,42,49,51-52,56,71,73-74H,11-28,32-33,35-39H2,1H3/t49-,51-,52-,56-,58?/m1/s1. The molecule has 476 valence electrons. The zero-order valence-corrected chi connectivity index (χ0v) is 49.0. The Hall–Kier alpha value is -6.06. The van der Waals surface area contributed by atoms with Crippen LogP contribution in [-0.4, -0.2) is 219 Å². The first-order chi connectivity index (χ1) is 42.4. The molecular formula is C58H74ClF3N8O17. The van der Waals surface area contributed by atoms with Crippen molar-refractivity contribution in [1.29, 1.82) is 0 Å². The Morgan fingerprint density at radius 3 is 1.99 bits per heavy atom. The quantitative estimate of drug-likeness (QED) is 0.0207. The Bertz CT molecular complexity index is 2970. The molecule has 29 heteroatoms. The molecule has 2 aliphatic rings. The first-order valence-electron chi connectivity index (χ1n) is 28.5. The number of halogens is 4. The van der Waals surface area contributed by atoms with Crippen molar-refractivity contribution in [3.8, 4) is 11.5 Å². The minimum atomic E-state index is -1.37. The van der Waals surface area contributed by atoms with Crippen LogP contribution >= 0.6 is 11.6 Å². The fraction of sp³-hybridized carbons (Fsp3) is 0.552. The van der Waals surface area contributed by atoms with Crippen molar-refractivity contribution >= 4 is 34.4 Å². The fourth-order valence-electron chi connectivity index (χ4n) is 8.89. The predicted octanol–water partition coefficient (Wildman–Crippen LogP) is 4.40. The molecule has 2 saturated heterocycles. The second-order valence-corrected chi connectivity index (χ2v) is 20.7. The first kappa shape index (κ1) is 66.9. The lowest BCUT2D eigenvalue weighted by Gasteiger charge is -2.40. The van der Waals surface area contributed by atoms with E-state index in [4.69, 9.17) is 68.4 Å². The Labute approximate surface area is 505 Å². The average Bonchev–Trinajstić information content (AvgIpc) is 1.73. The van der Waals surface area contributed by atoms with Gasteiger partial charge in [0.15, 0.2) is 23.5 Å². The summed E-state index contributed by atoms with van der Waals surface area (Å²) in [4.78, 5) is 22.8. The van der Waals surface area contributed by atoms with Gasteiger partial charge in [0.05, 0.1) is 163 Å².